The summed E-state index contributed by atoms with van der Waals surface area (Å²) in [6.45, 7) is 3.91. The van der Waals surface area contributed by atoms with Crippen LogP contribution in [0.1, 0.15) is 25.3 Å². The Kier molecular flexibility index (Phi) is 6.03. The molecule has 0 unspecified atom stereocenters. The molecule has 0 saturated heterocycles. The molecule has 0 spiro atoms. The highest BCUT2D eigenvalue weighted by Gasteiger charge is 2.14. The van der Waals surface area contributed by atoms with Gasteiger partial charge in [-0.1, -0.05) is 26.0 Å². The maximum Gasteiger partial charge on any atom is 0.343 e. The van der Waals surface area contributed by atoms with Crippen molar-refractivity contribution in [3.63, 3.8) is 0 Å². The molecule has 2 aromatic rings. The molecule has 134 valence electrons. The summed E-state index contributed by atoms with van der Waals surface area (Å²) in [5.74, 6) is 0.247. The molecule has 0 radical (unpaired) electrons. The molecule has 0 heterocycles. The summed E-state index contributed by atoms with van der Waals surface area (Å²) < 4.78 is 37.0. The van der Waals surface area contributed by atoms with E-state index in [-0.39, 0.29) is 11.5 Å². The lowest BCUT2D eigenvalue weighted by atomic mass is 10.0. The Labute approximate surface area is 147 Å². The zero-order chi connectivity index (χ0) is 18.4. The Morgan fingerprint density at radius 3 is 2.16 bits per heavy atom. The summed E-state index contributed by atoms with van der Waals surface area (Å²) >= 11 is 0. The van der Waals surface area contributed by atoms with E-state index in [0.29, 0.717) is 17.4 Å². The molecule has 0 bridgehead atoms. The first-order valence-electron chi connectivity index (χ1n) is 7.74. The fraction of sp³-hybridized carbons (Fsp3) is 0.278. The topological polar surface area (TPSA) is 81.7 Å². The monoisotopic (exact) mass is 363 g/mol. The maximum atomic E-state index is 12.4. The summed E-state index contributed by atoms with van der Waals surface area (Å²) in [6, 6.07) is 13.1. The van der Waals surface area contributed by atoms with Crippen molar-refractivity contribution in [2.24, 2.45) is 0 Å². The van der Waals surface area contributed by atoms with Crippen LogP contribution in [-0.2, 0) is 19.6 Å². The van der Waals surface area contributed by atoms with Crippen LogP contribution in [0.4, 0.5) is 5.69 Å². The Morgan fingerprint density at radius 1 is 1.04 bits per heavy atom. The van der Waals surface area contributed by atoms with E-state index in [9.17, 15) is 13.2 Å². The molecule has 2 rings (SSSR count). The standard InChI is InChI=1S/C18H21NO5S/c1-13(2)14-4-6-15(7-5-14)19-25(21,22)17-10-8-16(9-11-17)24-12-18(20)23-3/h4-11,13,19H,12H2,1-3H3. The molecule has 25 heavy (non-hydrogen) atoms. The van der Waals surface area contributed by atoms with Gasteiger partial charge in [0.05, 0.1) is 12.0 Å². The molecule has 1 N–H and O–H groups in total. The van der Waals surface area contributed by atoms with Crippen LogP contribution >= 0.6 is 0 Å². The van der Waals surface area contributed by atoms with Crippen molar-refractivity contribution < 1.29 is 22.7 Å². The number of anilines is 1. The lowest BCUT2D eigenvalue weighted by molar-refractivity contribution is -0.142. The van der Waals surface area contributed by atoms with Gasteiger partial charge in [-0.25, -0.2) is 13.2 Å². The average molecular weight is 363 g/mol. The van der Waals surface area contributed by atoms with Crippen molar-refractivity contribution in [2.45, 2.75) is 24.7 Å². The van der Waals surface area contributed by atoms with Gasteiger partial charge in [0.2, 0.25) is 0 Å². The Balaban J connectivity index is 2.07. The van der Waals surface area contributed by atoms with Crippen LogP contribution in [0.3, 0.4) is 0 Å². The Morgan fingerprint density at radius 2 is 1.64 bits per heavy atom. The number of rotatable bonds is 7. The van der Waals surface area contributed by atoms with Crippen molar-refractivity contribution in [3.05, 3.63) is 54.1 Å². The highest BCUT2D eigenvalue weighted by atomic mass is 32.2. The number of benzene rings is 2. The van der Waals surface area contributed by atoms with Gasteiger partial charge in [-0.2, -0.15) is 0 Å². The van der Waals surface area contributed by atoms with E-state index in [1.165, 1.54) is 31.4 Å². The normalized spacial score (nSPS) is 11.2. The smallest absolute Gasteiger partial charge is 0.343 e. The van der Waals surface area contributed by atoms with Crippen LogP contribution in [-0.4, -0.2) is 28.1 Å². The van der Waals surface area contributed by atoms with Crippen LogP contribution in [0.15, 0.2) is 53.4 Å². The first-order valence-corrected chi connectivity index (χ1v) is 9.22. The number of sulfonamides is 1. The van der Waals surface area contributed by atoms with Gasteiger partial charge in [-0.05, 0) is 47.9 Å². The van der Waals surface area contributed by atoms with E-state index in [1.807, 2.05) is 12.1 Å². The van der Waals surface area contributed by atoms with Crippen molar-refractivity contribution in [1.29, 1.82) is 0 Å². The van der Waals surface area contributed by atoms with Crippen molar-refractivity contribution >= 4 is 21.7 Å². The molecule has 7 heteroatoms. The molecule has 0 fully saturated rings. The minimum absolute atomic E-state index is 0.103. The zero-order valence-corrected chi connectivity index (χ0v) is 15.2. The molecule has 2 aromatic carbocycles. The maximum absolute atomic E-state index is 12.4. The van der Waals surface area contributed by atoms with Crippen LogP contribution in [0, 0.1) is 0 Å². The minimum Gasteiger partial charge on any atom is -0.482 e. The van der Waals surface area contributed by atoms with Crippen molar-refractivity contribution in [3.8, 4) is 5.75 Å². The van der Waals surface area contributed by atoms with Gasteiger partial charge in [0.15, 0.2) is 6.61 Å². The number of nitrogens with one attached hydrogen (secondary N) is 1. The van der Waals surface area contributed by atoms with Gasteiger partial charge >= 0.3 is 5.97 Å². The summed E-state index contributed by atoms with van der Waals surface area (Å²) in [7, 11) is -2.43. The van der Waals surface area contributed by atoms with Crippen molar-refractivity contribution in [1.82, 2.24) is 0 Å². The van der Waals surface area contributed by atoms with E-state index in [2.05, 4.69) is 23.3 Å². The quantitative estimate of drug-likeness (QED) is 0.764. The molecule has 0 amide bonds. The molecule has 0 aromatic heterocycles. The van der Waals surface area contributed by atoms with E-state index < -0.39 is 16.0 Å². The minimum atomic E-state index is -3.70. The predicted molar refractivity (Wildman–Crippen MR) is 95.3 cm³/mol. The van der Waals surface area contributed by atoms with Crippen LogP contribution < -0.4 is 9.46 Å². The number of ether oxygens (including phenoxy) is 2. The molecule has 0 aliphatic carbocycles. The number of hydrogen-bond acceptors (Lipinski definition) is 5. The fourth-order valence-corrected chi connectivity index (χ4v) is 3.12. The number of carbonyl (C=O) groups excluding carboxylic acids is 1. The second-order valence-electron chi connectivity index (χ2n) is 5.72. The first-order chi connectivity index (χ1) is 11.8. The molecular formula is C18H21NO5S. The van der Waals surface area contributed by atoms with E-state index >= 15 is 0 Å². The van der Waals surface area contributed by atoms with Gasteiger partial charge in [0, 0.05) is 5.69 Å². The van der Waals surface area contributed by atoms with Gasteiger partial charge in [-0.3, -0.25) is 4.72 Å². The molecular weight excluding hydrogens is 342 g/mol. The number of hydrogen-bond donors (Lipinski definition) is 1. The largest absolute Gasteiger partial charge is 0.482 e. The molecule has 0 aliphatic heterocycles. The summed E-state index contributed by atoms with van der Waals surface area (Å²) in [5, 5.41) is 0. The van der Waals surface area contributed by atoms with Gasteiger partial charge in [0.1, 0.15) is 5.75 Å². The second-order valence-corrected chi connectivity index (χ2v) is 7.40. The van der Waals surface area contributed by atoms with Gasteiger partial charge in [0.25, 0.3) is 10.0 Å². The molecule has 0 saturated carbocycles. The van der Waals surface area contributed by atoms with E-state index in [1.54, 1.807) is 12.1 Å². The van der Waals surface area contributed by atoms with Crippen LogP contribution in [0.25, 0.3) is 0 Å². The zero-order valence-electron chi connectivity index (χ0n) is 14.4. The van der Waals surface area contributed by atoms with Crippen LogP contribution in [0.5, 0.6) is 5.75 Å². The highest BCUT2D eigenvalue weighted by Crippen LogP contribution is 2.21. The van der Waals surface area contributed by atoms with E-state index in [0.717, 1.165) is 5.56 Å². The number of methoxy groups -OCH3 is 1. The third-order valence-corrected chi connectivity index (χ3v) is 4.95. The van der Waals surface area contributed by atoms with Crippen LogP contribution in [0.2, 0.25) is 0 Å². The summed E-state index contributed by atoms with van der Waals surface area (Å²) in [4.78, 5) is 11.1. The average Bonchev–Trinajstić information content (AvgIpc) is 2.60. The summed E-state index contributed by atoms with van der Waals surface area (Å²) in [5.41, 5.74) is 1.63. The highest BCUT2D eigenvalue weighted by molar-refractivity contribution is 7.92. The van der Waals surface area contributed by atoms with Crippen molar-refractivity contribution in [2.75, 3.05) is 18.4 Å². The third kappa shape index (κ3) is 5.22. The summed E-state index contributed by atoms with van der Waals surface area (Å²) in [6.07, 6.45) is 0. The molecule has 0 aliphatic rings. The lowest BCUT2D eigenvalue weighted by Gasteiger charge is -2.11. The van der Waals surface area contributed by atoms with Gasteiger partial charge < -0.3 is 9.47 Å². The SMILES string of the molecule is COC(=O)COc1ccc(S(=O)(=O)Nc2ccc(C(C)C)cc2)cc1. The number of carbonyl (C=O) groups is 1. The fourth-order valence-electron chi connectivity index (χ4n) is 2.07. The van der Waals surface area contributed by atoms with E-state index in [4.69, 9.17) is 4.74 Å². The first kappa shape index (κ1) is 18.8. The predicted octanol–water partition coefficient (Wildman–Crippen LogP) is 3.16. The Bertz CT molecular complexity index is 812. The van der Waals surface area contributed by atoms with Gasteiger partial charge in [-0.15, -0.1) is 0 Å². The second kappa shape index (κ2) is 8.02. The lowest BCUT2D eigenvalue weighted by Crippen LogP contribution is -2.14. The third-order valence-electron chi connectivity index (χ3n) is 3.55. The Hall–Kier alpha value is -2.54. The molecule has 0 atom stereocenters. The molecule has 6 nitrogen and oxygen atoms in total. The number of esters is 1.